The summed E-state index contributed by atoms with van der Waals surface area (Å²) in [5.41, 5.74) is 6.72. The first kappa shape index (κ1) is 18.4. The lowest BCUT2D eigenvalue weighted by Gasteiger charge is -2.57. The summed E-state index contributed by atoms with van der Waals surface area (Å²) in [6, 6.07) is 8.51. The van der Waals surface area contributed by atoms with Crippen molar-refractivity contribution < 1.29 is 5.21 Å². The number of fused-ring (bicyclic) bond motifs is 6. The first-order valence-electron chi connectivity index (χ1n) is 11.6. The molecule has 5 atom stereocenters. The lowest BCUT2D eigenvalue weighted by Crippen LogP contribution is -2.50. The standard InChI is InChI=1S/C26H31N3O/c1-25-13-11-18(28-30)15-17(25)7-8-19-20-9-10-24(26(20,2)14-12-21(19)25)29-16-27-22-5-3-4-6-23(22)29/h3-6,10,15-16,19-21,30H,7-9,11-14H2,1-2H3. The van der Waals surface area contributed by atoms with Crippen molar-refractivity contribution in [1.82, 2.24) is 9.55 Å². The summed E-state index contributed by atoms with van der Waals surface area (Å²) in [5.74, 6) is 2.25. The summed E-state index contributed by atoms with van der Waals surface area (Å²) >= 11 is 0. The number of nitrogens with zero attached hydrogens (tertiary/aromatic N) is 3. The van der Waals surface area contributed by atoms with Gasteiger partial charge in [-0.05, 0) is 86.3 Å². The molecule has 0 aliphatic heterocycles. The second-order valence-corrected chi connectivity index (χ2v) is 10.5. The highest BCUT2D eigenvalue weighted by Gasteiger charge is 2.57. The molecule has 2 saturated carbocycles. The molecule has 1 aromatic carbocycles. The first-order valence-corrected chi connectivity index (χ1v) is 11.6. The summed E-state index contributed by atoms with van der Waals surface area (Å²) in [6.07, 6.45) is 15.0. The van der Waals surface area contributed by atoms with Gasteiger partial charge < -0.3 is 9.77 Å². The molecule has 30 heavy (non-hydrogen) atoms. The number of allylic oxidation sites excluding steroid dienone is 4. The van der Waals surface area contributed by atoms with Crippen LogP contribution in [0.1, 0.15) is 58.8 Å². The lowest BCUT2D eigenvalue weighted by molar-refractivity contribution is -0.0203. The summed E-state index contributed by atoms with van der Waals surface area (Å²) < 4.78 is 2.37. The van der Waals surface area contributed by atoms with E-state index in [1.807, 2.05) is 6.33 Å². The maximum absolute atomic E-state index is 9.28. The Morgan fingerprint density at radius 3 is 2.80 bits per heavy atom. The van der Waals surface area contributed by atoms with E-state index >= 15 is 0 Å². The van der Waals surface area contributed by atoms with Gasteiger partial charge in [0, 0.05) is 11.1 Å². The van der Waals surface area contributed by atoms with Crippen molar-refractivity contribution in [3.63, 3.8) is 0 Å². The molecular formula is C26H31N3O. The van der Waals surface area contributed by atoms with Gasteiger partial charge in [-0.25, -0.2) is 4.98 Å². The number of hydrogen-bond acceptors (Lipinski definition) is 3. The summed E-state index contributed by atoms with van der Waals surface area (Å²) in [5, 5.41) is 12.8. The van der Waals surface area contributed by atoms with Crippen LogP contribution in [0.15, 0.2) is 53.5 Å². The van der Waals surface area contributed by atoms with Crippen molar-refractivity contribution in [2.24, 2.45) is 33.7 Å². The van der Waals surface area contributed by atoms with Gasteiger partial charge >= 0.3 is 0 Å². The van der Waals surface area contributed by atoms with Gasteiger partial charge in [-0.2, -0.15) is 0 Å². The molecule has 1 N–H and O–H groups in total. The van der Waals surface area contributed by atoms with Crippen LogP contribution in [0.2, 0.25) is 0 Å². The lowest BCUT2D eigenvalue weighted by atomic mass is 9.47. The fourth-order valence-corrected chi connectivity index (χ4v) is 7.72. The smallest absolute Gasteiger partial charge is 0.100 e. The summed E-state index contributed by atoms with van der Waals surface area (Å²) in [6.45, 7) is 5.02. The molecule has 5 unspecified atom stereocenters. The van der Waals surface area contributed by atoms with E-state index in [4.69, 9.17) is 0 Å². The second-order valence-electron chi connectivity index (χ2n) is 10.5. The Hall–Kier alpha value is -2.36. The van der Waals surface area contributed by atoms with Gasteiger partial charge in [0.2, 0.25) is 0 Å². The highest BCUT2D eigenvalue weighted by Crippen LogP contribution is 2.66. The number of para-hydroxylation sites is 2. The number of rotatable bonds is 1. The van der Waals surface area contributed by atoms with E-state index in [9.17, 15) is 5.21 Å². The zero-order valence-electron chi connectivity index (χ0n) is 18.0. The maximum Gasteiger partial charge on any atom is 0.100 e. The second kappa shape index (κ2) is 6.32. The van der Waals surface area contributed by atoms with Crippen molar-refractivity contribution >= 4 is 22.4 Å². The SMILES string of the molecule is CC12CCC(=NO)C=C1CCC1C2CCC2(C)C(n3cnc4ccccc43)=CCC12. The average molecular weight is 402 g/mol. The molecule has 156 valence electrons. The predicted octanol–water partition coefficient (Wildman–Crippen LogP) is 6.28. The van der Waals surface area contributed by atoms with Crippen LogP contribution in [0.5, 0.6) is 0 Å². The van der Waals surface area contributed by atoms with Crippen LogP contribution >= 0.6 is 0 Å². The topological polar surface area (TPSA) is 50.4 Å². The fourth-order valence-electron chi connectivity index (χ4n) is 7.72. The number of imidazole rings is 1. The highest BCUT2D eigenvalue weighted by atomic mass is 16.4. The van der Waals surface area contributed by atoms with Crippen LogP contribution in [0, 0.1) is 28.6 Å². The molecule has 4 nitrogen and oxygen atoms in total. The molecule has 1 heterocycles. The molecule has 0 amide bonds. The van der Waals surface area contributed by atoms with Crippen LogP contribution in [-0.4, -0.2) is 20.5 Å². The van der Waals surface area contributed by atoms with Crippen LogP contribution in [-0.2, 0) is 0 Å². The van der Waals surface area contributed by atoms with E-state index in [0.29, 0.717) is 0 Å². The van der Waals surface area contributed by atoms with E-state index in [2.05, 4.69) is 65.0 Å². The van der Waals surface area contributed by atoms with Crippen molar-refractivity contribution in [3.8, 4) is 0 Å². The maximum atomic E-state index is 9.28. The quantitative estimate of drug-likeness (QED) is 0.451. The van der Waals surface area contributed by atoms with E-state index in [0.717, 1.165) is 48.2 Å². The van der Waals surface area contributed by atoms with Gasteiger partial charge in [0.15, 0.2) is 0 Å². The van der Waals surface area contributed by atoms with E-state index in [1.54, 1.807) is 0 Å². The Morgan fingerprint density at radius 2 is 1.93 bits per heavy atom. The molecule has 0 radical (unpaired) electrons. The van der Waals surface area contributed by atoms with E-state index in [-0.39, 0.29) is 10.8 Å². The van der Waals surface area contributed by atoms with Gasteiger partial charge in [-0.15, -0.1) is 0 Å². The third kappa shape index (κ3) is 2.34. The van der Waals surface area contributed by atoms with Crippen LogP contribution in [0.3, 0.4) is 0 Å². The molecule has 6 rings (SSSR count). The van der Waals surface area contributed by atoms with Crippen LogP contribution in [0.4, 0.5) is 0 Å². The number of aromatic nitrogens is 2. The Labute approximate surface area is 178 Å². The van der Waals surface area contributed by atoms with Crippen molar-refractivity contribution in [1.29, 1.82) is 0 Å². The fraction of sp³-hybridized carbons (Fsp3) is 0.538. The largest absolute Gasteiger partial charge is 0.411 e. The third-order valence-electron chi connectivity index (χ3n) is 9.36. The Morgan fingerprint density at radius 1 is 1.07 bits per heavy atom. The highest BCUT2D eigenvalue weighted by molar-refractivity contribution is 5.96. The van der Waals surface area contributed by atoms with Gasteiger partial charge in [-0.3, -0.25) is 0 Å². The van der Waals surface area contributed by atoms with Gasteiger partial charge in [-0.1, -0.05) is 42.8 Å². The average Bonchev–Trinajstić information content (AvgIpc) is 3.33. The van der Waals surface area contributed by atoms with Gasteiger partial charge in [0.05, 0.1) is 16.7 Å². The summed E-state index contributed by atoms with van der Waals surface area (Å²) in [4.78, 5) is 4.68. The normalized spacial score (nSPS) is 39.3. The molecule has 4 heteroatoms. The van der Waals surface area contributed by atoms with E-state index in [1.165, 1.54) is 42.5 Å². The molecule has 2 aromatic rings. The minimum Gasteiger partial charge on any atom is -0.411 e. The van der Waals surface area contributed by atoms with Crippen LogP contribution in [0.25, 0.3) is 16.7 Å². The predicted molar refractivity (Wildman–Crippen MR) is 120 cm³/mol. The van der Waals surface area contributed by atoms with Crippen molar-refractivity contribution in [2.75, 3.05) is 0 Å². The van der Waals surface area contributed by atoms with Crippen molar-refractivity contribution in [3.05, 3.63) is 48.3 Å². The zero-order valence-corrected chi connectivity index (χ0v) is 18.0. The molecular weight excluding hydrogens is 370 g/mol. The third-order valence-corrected chi connectivity index (χ3v) is 9.36. The molecule has 0 spiro atoms. The van der Waals surface area contributed by atoms with Crippen LogP contribution < -0.4 is 0 Å². The first-order chi connectivity index (χ1) is 14.5. The molecule has 4 aliphatic rings. The number of hydrogen-bond donors (Lipinski definition) is 1. The monoisotopic (exact) mass is 401 g/mol. The Balaban J connectivity index is 1.35. The van der Waals surface area contributed by atoms with Crippen molar-refractivity contribution in [2.45, 2.75) is 58.8 Å². The van der Waals surface area contributed by atoms with Gasteiger partial charge in [0.1, 0.15) is 6.33 Å². The Kier molecular flexibility index (Phi) is 3.88. The molecule has 2 fully saturated rings. The Bertz CT molecular complexity index is 1110. The minimum absolute atomic E-state index is 0.231. The molecule has 1 aromatic heterocycles. The number of benzene rings is 1. The van der Waals surface area contributed by atoms with Gasteiger partial charge in [0.25, 0.3) is 0 Å². The molecule has 0 saturated heterocycles. The van der Waals surface area contributed by atoms with E-state index < -0.39 is 0 Å². The molecule has 0 bridgehead atoms. The number of oxime groups is 1. The zero-order chi connectivity index (χ0) is 20.5. The minimum atomic E-state index is 0.231. The molecule has 4 aliphatic carbocycles. The summed E-state index contributed by atoms with van der Waals surface area (Å²) in [7, 11) is 0.